The van der Waals surface area contributed by atoms with E-state index in [1.807, 2.05) is 45.9 Å². The fourth-order valence-electron chi connectivity index (χ4n) is 1.79. The zero-order valence-electron chi connectivity index (χ0n) is 11.0. The molecule has 0 bridgehead atoms. The lowest BCUT2D eigenvalue weighted by Gasteiger charge is -2.20. The highest BCUT2D eigenvalue weighted by molar-refractivity contribution is 6.32. The van der Waals surface area contributed by atoms with Crippen LogP contribution in [0.4, 0.5) is 4.79 Å². The van der Waals surface area contributed by atoms with Crippen LogP contribution in [0.2, 0.25) is 5.15 Å². The molecule has 2 rings (SSSR count). The Morgan fingerprint density at radius 2 is 1.94 bits per heavy atom. The quantitative estimate of drug-likeness (QED) is 0.707. The van der Waals surface area contributed by atoms with Crippen molar-refractivity contribution in [3.8, 4) is 0 Å². The molecule has 0 radical (unpaired) electrons. The first-order valence-corrected chi connectivity index (χ1v) is 6.17. The molecule has 3 nitrogen and oxygen atoms in total. The zero-order valence-corrected chi connectivity index (χ0v) is 11.7. The summed E-state index contributed by atoms with van der Waals surface area (Å²) in [7, 11) is 0. The molecule has 0 aliphatic heterocycles. The van der Waals surface area contributed by atoms with Crippen LogP contribution in [0.15, 0.2) is 24.3 Å². The fourth-order valence-corrected chi connectivity index (χ4v) is 2.07. The largest absolute Gasteiger partial charge is 0.443 e. The maximum Gasteiger partial charge on any atom is 0.420 e. The molecule has 1 heterocycles. The number of carbonyl (C=O) groups excluding carboxylic acids is 1. The van der Waals surface area contributed by atoms with Crippen molar-refractivity contribution < 1.29 is 9.53 Å². The first-order valence-electron chi connectivity index (χ1n) is 5.79. The van der Waals surface area contributed by atoms with E-state index in [1.54, 1.807) is 6.07 Å². The Morgan fingerprint density at radius 3 is 2.56 bits per heavy atom. The number of carbonyl (C=O) groups is 1. The van der Waals surface area contributed by atoms with Crippen molar-refractivity contribution in [2.45, 2.75) is 33.3 Å². The molecule has 0 amide bonds. The summed E-state index contributed by atoms with van der Waals surface area (Å²) in [5.74, 6) is 0. The number of fused-ring (bicyclic) bond motifs is 1. The van der Waals surface area contributed by atoms with E-state index < -0.39 is 11.7 Å². The minimum atomic E-state index is -0.540. The zero-order chi connectivity index (χ0) is 13.5. The summed E-state index contributed by atoms with van der Waals surface area (Å²) < 4.78 is 6.73. The van der Waals surface area contributed by atoms with Crippen LogP contribution in [0.5, 0.6) is 0 Å². The predicted molar refractivity (Wildman–Crippen MR) is 73.3 cm³/mol. The lowest BCUT2D eigenvalue weighted by atomic mass is 10.2. The maximum atomic E-state index is 12.1. The van der Waals surface area contributed by atoms with Crippen LogP contribution < -0.4 is 0 Å². The molecule has 0 atom stereocenters. The van der Waals surface area contributed by atoms with Gasteiger partial charge < -0.3 is 4.74 Å². The number of aromatic nitrogens is 1. The number of ether oxygens (including phenoxy) is 1. The van der Waals surface area contributed by atoms with Gasteiger partial charge in [-0.25, -0.2) is 9.36 Å². The number of rotatable bonds is 0. The molecule has 0 saturated carbocycles. The van der Waals surface area contributed by atoms with Gasteiger partial charge in [-0.15, -0.1) is 0 Å². The standard InChI is InChI=1S/C14H16ClNO2/c1-9-5-6-11-10(7-9)8-12(15)16(11)13(17)18-14(2,3)4/h5-8H,1-4H3. The molecule has 18 heavy (non-hydrogen) atoms. The van der Waals surface area contributed by atoms with E-state index in [9.17, 15) is 4.79 Å². The van der Waals surface area contributed by atoms with Gasteiger partial charge >= 0.3 is 6.09 Å². The fraction of sp³-hybridized carbons (Fsp3) is 0.357. The molecule has 0 N–H and O–H groups in total. The Labute approximate surface area is 111 Å². The van der Waals surface area contributed by atoms with Crippen molar-refractivity contribution in [2.24, 2.45) is 0 Å². The number of benzene rings is 1. The Bertz CT molecular complexity index is 608. The molecule has 96 valence electrons. The van der Waals surface area contributed by atoms with Crippen LogP contribution in [-0.2, 0) is 4.74 Å². The highest BCUT2D eigenvalue weighted by Gasteiger charge is 2.21. The molecular weight excluding hydrogens is 250 g/mol. The summed E-state index contributed by atoms with van der Waals surface area (Å²) in [5.41, 5.74) is 1.35. The lowest BCUT2D eigenvalue weighted by molar-refractivity contribution is 0.0545. The van der Waals surface area contributed by atoms with E-state index in [2.05, 4.69) is 0 Å². The molecule has 0 unspecified atom stereocenters. The second kappa shape index (κ2) is 4.32. The van der Waals surface area contributed by atoms with Crippen molar-refractivity contribution in [3.05, 3.63) is 35.0 Å². The molecule has 0 aliphatic rings. The van der Waals surface area contributed by atoms with Gasteiger partial charge in [-0.1, -0.05) is 23.2 Å². The summed E-state index contributed by atoms with van der Waals surface area (Å²) in [4.78, 5) is 12.1. The van der Waals surface area contributed by atoms with Gasteiger partial charge in [0, 0.05) is 5.39 Å². The first kappa shape index (κ1) is 13.0. The van der Waals surface area contributed by atoms with Gasteiger partial charge in [-0.05, 0) is 45.9 Å². The molecule has 1 aromatic carbocycles. The summed E-state index contributed by atoms with van der Waals surface area (Å²) in [6.45, 7) is 7.48. The van der Waals surface area contributed by atoms with Gasteiger partial charge in [0.25, 0.3) is 0 Å². The second-order valence-corrected chi connectivity index (χ2v) is 5.73. The van der Waals surface area contributed by atoms with Crippen LogP contribution in [0, 0.1) is 6.92 Å². The van der Waals surface area contributed by atoms with Gasteiger partial charge in [0.1, 0.15) is 10.8 Å². The van der Waals surface area contributed by atoms with Crippen molar-refractivity contribution >= 4 is 28.6 Å². The van der Waals surface area contributed by atoms with Crippen molar-refractivity contribution in [1.82, 2.24) is 4.57 Å². The average molecular weight is 266 g/mol. The SMILES string of the molecule is Cc1ccc2c(c1)cc(Cl)n2C(=O)OC(C)(C)C. The first-order chi connectivity index (χ1) is 8.28. The van der Waals surface area contributed by atoms with E-state index in [0.29, 0.717) is 5.15 Å². The molecule has 0 fully saturated rings. The molecule has 2 aromatic rings. The minimum Gasteiger partial charge on any atom is -0.443 e. The van der Waals surface area contributed by atoms with Crippen molar-refractivity contribution in [3.63, 3.8) is 0 Å². The van der Waals surface area contributed by atoms with Crippen LogP contribution in [-0.4, -0.2) is 16.3 Å². The van der Waals surface area contributed by atoms with E-state index in [4.69, 9.17) is 16.3 Å². The predicted octanol–water partition coefficient (Wildman–Crippen LogP) is 4.39. The Hall–Kier alpha value is -1.48. The lowest BCUT2D eigenvalue weighted by Crippen LogP contribution is -2.27. The maximum absolute atomic E-state index is 12.1. The summed E-state index contributed by atoms with van der Waals surface area (Å²) in [6.07, 6.45) is -0.452. The number of hydrogen-bond acceptors (Lipinski definition) is 2. The Kier molecular flexibility index (Phi) is 3.11. The number of hydrogen-bond donors (Lipinski definition) is 0. The van der Waals surface area contributed by atoms with Gasteiger partial charge in [0.05, 0.1) is 5.52 Å². The van der Waals surface area contributed by atoms with E-state index in [1.165, 1.54) is 4.57 Å². The Morgan fingerprint density at radius 1 is 1.28 bits per heavy atom. The van der Waals surface area contributed by atoms with Gasteiger partial charge in [0.15, 0.2) is 0 Å². The van der Waals surface area contributed by atoms with E-state index in [0.717, 1.165) is 16.5 Å². The third-order valence-corrected chi connectivity index (χ3v) is 2.77. The van der Waals surface area contributed by atoms with Crippen molar-refractivity contribution in [1.29, 1.82) is 0 Å². The molecule has 0 aliphatic carbocycles. The molecule has 4 heteroatoms. The van der Waals surface area contributed by atoms with Crippen LogP contribution >= 0.6 is 11.6 Å². The topological polar surface area (TPSA) is 31.2 Å². The number of halogens is 1. The summed E-state index contributed by atoms with van der Waals surface area (Å²) in [5, 5.41) is 1.30. The summed E-state index contributed by atoms with van der Waals surface area (Å²) in [6, 6.07) is 7.58. The average Bonchev–Trinajstić information content (AvgIpc) is 2.50. The Balaban J connectivity index is 2.51. The second-order valence-electron chi connectivity index (χ2n) is 5.35. The van der Waals surface area contributed by atoms with E-state index in [-0.39, 0.29) is 0 Å². The smallest absolute Gasteiger partial charge is 0.420 e. The molecule has 0 saturated heterocycles. The third kappa shape index (κ3) is 2.51. The minimum absolute atomic E-state index is 0.366. The van der Waals surface area contributed by atoms with Crippen LogP contribution in [0.3, 0.4) is 0 Å². The highest BCUT2D eigenvalue weighted by atomic mass is 35.5. The van der Waals surface area contributed by atoms with Crippen LogP contribution in [0.1, 0.15) is 26.3 Å². The van der Waals surface area contributed by atoms with Gasteiger partial charge in [-0.2, -0.15) is 0 Å². The monoisotopic (exact) mass is 265 g/mol. The normalized spacial score (nSPS) is 11.8. The highest BCUT2D eigenvalue weighted by Crippen LogP contribution is 2.25. The molecule has 0 spiro atoms. The molecule has 1 aromatic heterocycles. The van der Waals surface area contributed by atoms with Gasteiger partial charge in [-0.3, -0.25) is 0 Å². The third-order valence-electron chi connectivity index (χ3n) is 2.49. The number of aryl methyl sites for hydroxylation is 1. The van der Waals surface area contributed by atoms with Crippen molar-refractivity contribution in [2.75, 3.05) is 0 Å². The van der Waals surface area contributed by atoms with Gasteiger partial charge in [0.2, 0.25) is 0 Å². The van der Waals surface area contributed by atoms with Crippen LogP contribution in [0.25, 0.3) is 10.9 Å². The molecular formula is C14H16ClNO2. The van der Waals surface area contributed by atoms with E-state index >= 15 is 0 Å². The summed E-state index contributed by atoms with van der Waals surface area (Å²) >= 11 is 6.11. The number of nitrogens with zero attached hydrogens (tertiary/aromatic N) is 1.